The molecule has 4 nitrogen and oxygen atoms in total. The van der Waals surface area contributed by atoms with E-state index < -0.39 is 9.84 Å². The number of nitrogens with two attached hydrogens (primary N) is 1. The van der Waals surface area contributed by atoms with Crippen LogP contribution in [0.2, 0.25) is 0 Å². The molecule has 1 aromatic carbocycles. The summed E-state index contributed by atoms with van der Waals surface area (Å²) in [4.78, 5) is 0. The highest BCUT2D eigenvalue weighted by atomic mass is 32.2. The molecule has 0 aliphatic carbocycles. The summed E-state index contributed by atoms with van der Waals surface area (Å²) in [6.45, 7) is 3.90. The molecule has 5 heteroatoms. The molecular formula is C14H23NO3S. The second-order valence-corrected chi connectivity index (χ2v) is 7.07. The summed E-state index contributed by atoms with van der Waals surface area (Å²) in [6, 6.07) is 7.84. The summed E-state index contributed by atoms with van der Waals surface area (Å²) in [5.41, 5.74) is 7.06. The third-order valence-electron chi connectivity index (χ3n) is 3.05. The largest absolute Gasteiger partial charge is 0.493 e. The second kappa shape index (κ2) is 7.50. The van der Waals surface area contributed by atoms with Crippen molar-refractivity contribution in [3.63, 3.8) is 0 Å². The third-order valence-corrected chi connectivity index (χ3v) is 4.72. The van der Waals surface area contributed by atoms with Crippen LogP contribution in [0.4, 0.5) is 0 Å². The van der Waals surface area contributed by atoms with Crippen molar-refractivity contribution in [1.82, 2.24) is 0 Å². The first-order valence-electron chi connectivity index (χ1n) is 6.64. The molecule has 0 aliphatic rings. The number of hydrogen-bond acceptors (Lipinski definition) is 4. The molecule has 0 aromatic heterocycles. The maximum absolute atomic E-state index is 11.3. The molecule has 1 aromatic rings. The maximum Gasteiger partial charge on any atom is 0.153 e. The van der Waals surface area contributed by atoms with Crippen molar-refractivity contribution in [3.05, 3.63) is 29.8 Å². The Morgan fingerprint density at radius 1 is 1.21 bits per heavy atom. The highest BCUT2D eigenvalue weighted by Gasteiger charge is 2.07. The van der Waals surface area contributed by atoms with Gasteiger partial charge in [0.15, 0.2) is 9.84 Å². The van der Waals surface area contributed by atoms with Crippen molar-refractivity contribution in [3.8, 4) is 5.75 Å². The monoisotopic (exact) mass is 285 g/mol. The lowest BCUT2D eigenvalue weighted by Gasteiger charge is -2.10. The third kappa shape index (κ3) is 6.07. The topological polar surface area (TPSA) is 69.4 Å². The van der Waals surface area contributed by atoms with E-state index in [1.807, 2.05) is 24.3 Å². The van der Waals surface area contributed by atoms with E-state index in [-0.39, 0.29) is 24.2 Å². The quantitative estimate of drug-likeness (QED) is 0.790. The Bertz CT molecular complexity index is 468. The maximum atomic E-state index is 11.3. The summed E-state index contributed by atoms with van der Waals surface area (Å²) in [6.07, 6.45) is 1.80. The Morgan fingerprint density at radius 2 is 1.84 bits per heavy atom. The molecule has 19 heavy (non-hydrogen) atoms. The average molecular weight is 285 g/mol. The van der Waals surface area contributed by atoms with Crippen LogP contribution in [0.15, 0.2) is 24.3 Å². The number of sulfone groups is 1. The first-order valence-corrected chi connectivity index (χ1v) is 8.46. The predicted molar refractivity (Wildman–Crippen MR) is 78.2 cm³/mol. The van der Waals surface area contributed by atoms with Crippen molar-refractivity contribution < 1.29 is 13.2 Å². The van der Waals surface area contributed by atoms with Crippen molar-refractivity contribution in [2.24, 2.45) is 5.73 Å². The smallest absolute Gasteiger partial charge is 0.153 e. The average Bonchev–Trinajstić information content (AvgIpc) is 2.40. The first-order chi connectivity index (χ1) is 8.96. The number of ether oxygens (including phenoxy) is 1. The molecule has 0 saturated carbocycles. The Balaban J connectivity index is 2.44. The van der Waals surface area contributed by atoms with Gasteiger partial charge in [-0.05, 0) is 30.5 Å². The van der Waals surface area contributed by atoms with Gasteiger partial charge >= 0.3 is 0 Å². The fourth-order valence-corrected chi connectivity index (χ4v) is 2.23. The Labute approximate surface area is 115 Å². The predicted octanol–water partition coefficient (Wildman–Crippen LogP) is 1.78. The first kappa shape index (κ1) is 16.0. The zero-order valence-corrected chi connectivity index (χ0v) is 12.4. The highest BCUT2D eigenvalue weighted by Crippen LogP contribution is 2.13. The Hall–Kier alpha value is -1.07. The standard InChI is InChI=1S/C14H23NO3S/c1-3-13(15)11-12-5-7-14(8-6-12)18-9-10-19(16,17)4-2/h5-8,13H,3-4,9-11,15H2,1-2H3. The van der Waals surface area contributed by atoms with Gasteiger partial charge in [-0.2, -0.15) is 0 Å². The molecule has 0 fully saturated rings. The van der Waals surface area contributed by atoms with Crippen LogP contribution in [-0.4, -0.2) is 32.6 Å². The van der Waals surface area contributed by atoms with Crippen LogP contribution in [-0.2, 0) is 16.3 Å². The lowest BCUT2D eigenvalue weighted by Crippen LogP contribution is -2.21. The van der Waals surface area contributed by atoms with Gasteiger partial charge in [0, 0.05) is 11.8 Å². The highest BCUT2D eigenvalue weighted by molar-refractivity contribution is 7.91. The fraction of sp³-hybridized carbons (Fsp3) is 0.571. The molecule has 0 aliphatic heterocycles. The van der Waals surface area contributed by atoms with Crippen LogP contribution >= 0.6 is 0 Å². The lowest BCUT2D eigenvalue weighted by molar-refractivity contribution is 0.341. The minimum Gasteiger partial charge on any atom is -0.493 e. The minimum absolute atomic E-state index is 0.0615. The van der Waals surface area contributed by atoms with E-state index in [0.717, 1.165) is 12.8 Å². The van der Waals surface area contributed by atoms with E-state index in [9.17, 15) is 8.42 Å². The van der Waals surface area contributed by atoms with Crippen LogP contribution in [0.3, 0.4) is 0 Å². The van der Waals surface area contributed by atoms with Crippen LogP contribution < -0.4 is 10.5 Å². The van der Waals surface area contributed by atoms with Crippen LogP contribution in [0, 0.1) is 0 Å². The molecule has 0 amide bonds. The number of benzene rings is 1. The van der Waals surface area contributed by atoms with E-state index in [0.29, 0.717) is 5.75 Å². The van der Waals surface area contributed by atoms with Gasteiger partial charge in [-0.15, -0.1) is 0 Å². The molecule has 1 atom stereocenters. The van der Waals surface area contributed by atoms with Gasteiger partial charge in [0.25, 0.3) is 0 Å². The van der Waals surface area contributed by atoms with E-state index in [1.165, 1.54) is 5.56 Å². The van der Waals surface area contributed by atoms with Gasteiger partial charge < -0.3 is 10.5 Å². The summed E-state index contributed by atoms with van der Waals surface area (Å²) < 4.78 is 28.0. The van der Waals surface area contributed by atoms with E-state index in [1.54, 1.807) is 6.92 Å². The second-order valence-electron chi connectivity index (χ2n) is 4.60. The summed E-state index contributed by atoms with van der Waals surface area (Å²) in [5.74, 6) is 0.913. The minimum atomic E-state index is -2.96. The molecule has 2 N–H and O–H groups in total. The van der Waals surface area contributed by atoms with Crippen LogP contribution in [0.1, 0.15) is 25.8 Å². The van der Waals surface area contributed by atoms with E-state index in [2.05, 4.69) is 6.92 Å². The molecule has 0 spiro atoms. The number of rotatable bonds is 8. The molecule has 1 rings (SSSR count). The van der Waals surface area contributed by atoms with Crippen molar-refractivity contribution in [2.75, 3.05) is 18.1 Å². The molecule has 108 valence electrons. The normalized spacial score (nSPS) is 13.2. The Morgan fingerprint density at radius 3 is 2.37 bits per heavy atom. The zero-order valence-electron chi connectivity index (χ0n) is 11.6. The van der Waals surface area contributed by atoms with Gasteiger partial charge in [0.1, 0.15) is 12.4 Å². The van der Waals surface area contributed by atoms with E-state index >= 15 is 0 Å². The molecule has 1 unspecified atom stereocenters. The van der Waals surface area contributed by atoms with Gasteiger partial charge in [-0.25, -0.2) is 8.42 Å². The van der Waals surface area contributed by atoms with Crippen molar-refractivity contribution >= 4 is 9.84 Å². The molecule has 0 bridgehead atoms. The van der Waals surface area contributed by atoms with Crippen molar-refractivity contribution in [2.45, 2.75) is 32.7 Å². The molecule has 0 radical (unpaired) electrons. The molecular weight excluding hydrogens is 262 g/mol. The zero-order chi connectivity index (χ0) is 14.3. The molecule has 0 saturated heterocycles. The van der Waals surface area contributed by atoms with Gasteiger partial charge in [0.05, 0.1) is 5.75 Å². The SMILES string of the molecule is CCC(N)Cc1ccc(OCCS(=O)(=O)CC)cc1. The Kier molecular flexibility index (Phi) is 6.31. The molecule has 0 heterocycles. The van der Waals surface area contributed by atoms with Crippen LogP contribution in [0.5, 0.6) is 5.75 Å². The van der Waals surface area contributed by atoms with Gasteiger partial charge in [-0.3, -0.25) is 0 Å². The van der Waals surface area contributed by atoms with Crippen LogP contribution in [0.25, 0.3) is 0 Å². The van der Waals surface area contributed by atoms with Gasteiger partial charge in [-0.1, -0.05) is 26.0 Å². The van der Waals surface area contributed by atoms with E-state index in [4.69, 9.17) is 10.5 Å². The summed E-state index contributed by atoms with van der Waals surface area (Å²) in [5, 5.41) is 0. The fourth-order valence-electron chi connectivity index (χ4n) is 1.60. The summed E-state index contributed by atoms with van der Waals surface area (Å²) in [7, 11) is -2.96. The van der Waals surface area contributed by atoms with Gasteiger partial charge in [0.2, 0.25) is 0 Å². The number of hydrogen-bond donors (Lipinski definition) is 1. The van der Waals surface area contributed by atoms with Crippen molar-refractivity contribution in [1.29, 1.82) is 0 Å². The lowest BCUT2D eigenvalue weighted by atomic mass is 10.0. The summed E-state index contributed by atoms with van der Waals surface area (Å²) >= 11 is 0.